The quantitative estimate of drug-likeness (QED) is 0.708. The van der Waals surface area contributed by atoms with Crippen LogP contribution in [0, 0.1) is 17.8 Å². The van der Waals surface area contributed by atoms with Crippen molar-refractivity contribution >= 4 is 11.7 Å². The Hall–Kier alpha value is -1.88. The molecule has 0 bridgehead atoms. The third kappa shape index (κ3) is 6.65. The normalized spacial score (nSPS) is 16.1. The van der Waals surface area contributed by atoms with Crippen molar-refractivity contribution in [3.8, 4) is 5.75 Å². The first kappa shape index (κ1) is 21.4. The lowest BCUT2D eigenvalue weighted by atomic mass is 9.89. The number of hydrogen-bond donors (Lipinski definition) is 1. The number of hydrogen-bond acceptors (Lipinski definition) is 4. The zero-order chi connectivity index (χ0) is 20.0. The van der Waals surface area contributed by atoms with Crippen LogP contribution >= 0.6 is 0 Å². The van der Waals surface area contributed by atoms with Crippen LogP contribution in [0.3, 0.4) is 0 Å². The van der Waals surface area contributed by atoms with Crippen LogP contribution in [0.5, 0.6) is 5.75 Å². The maximum Gasteiger partial charge on any atom is 0.236 e. The minimum absolute atomic E-state index is 0.00308. The zero-order valence-corrected chi connectivity index (χ0v) is 17.1. The monoisotopic (exact) mass is 374 g/mol. The van der Waals surface area contributed by atoms with Gasteiger partial charge in [-0.1, -0.05) is 27.7 Å². The summed E-state index contributed by atoms with van der Waals surface area (Å²) in [5.74, 6) is 1.43. The molecule has 1 heterocycles. The van der Waals surface area contributed by atoms with E-state index >= 15 is 0 Å². The summed E-state index contributed by atoms with van der Waals surface area (Å²) in [4.78, 5) is 29.5. The topological polar surface area (TPSA) is 60.9 Å². The Morgan fingerprint density at radius 3 is 2.04 bits per heavy atom. The Morgan fingerprint density at radius 2 is 1.56 bits per heavy atom. The summed E-state index contributed by atoms with van der Waals surface area (Å²) in [7, 11) is 0. The van der Waals surface area contributed by atoms with E-state index < -0.39 is 0 Å². The lowest BCUT2D eigenvalue weighted by molar-refractivity contribution is -0.133. The van der Waals surface area contributed by atoms with Gasteiger partial charge in [-0.2, -0.15) is 0 Å². The Labute approximate surface area is 163 Å². The Balaban J connectivity index is 1.86. The highest BCUT2D eigenvalue weighted by molar-refractivity contribution is 5.98. The highest BCUT2D eigenvalue weighted by Crippen LogP contribution is 2.23. The molecule has 1 saturated heterocycles. The second-order valence-corrected chi connectivity index (χ2v) is 8.55. The van der Waals surface area contributed by atoms with Crippen LogP contribution in [0.2, 0.25) is 0 Å². The van der Waals surface area contributed by atoms with Crippen molar-refractivity contribution in [1.29, 1.82) is 0 Å². The lowest BCUT2D eigenvalue weighted by Gasteiger charge is -2.33. The summed E-state index contributed by atoms with van der Waals surface area (Å²) in [6.07, 6.45) is 1.56. The van der Waals surface area contributed by atoms with Crippen LogP contribution < -0.4 is 0 Å². The third-order valence-electron chi connectivity index (χ3n) is 4.99. The molecular formula is C22H34N2O3. The number of Topliss-reactive ketones (excluding diaryl/α,β-unsaturated/α-hetero) is 1. The number of carbonyl (C=O) groups is 2. The molecule has 0 unspecified atom stereocenters. The number of rotatable bonds is 8. The number of likely N-dealkylation sites (tertiary alicyclic amines) is 1. The molecule has 0 saturated carbocycles. The van der Waals surface area contributed by atoms with Crippen LogP contribution in [0.1, 0.15) is 50.9 Å². The number of ketones is 1. The standard InChI is InChI=1S/C22H34N2O3/c1-16(2)13-24(14-17(3)4)21(26)15-23-11-9-19(10-12-23)22(27)18-5-7-20(25)8-6-18/h5-8,16-17,19,25H,9-15H2,1-4H3. The highest BCUT2D eigenvalue weighted by Gasteiger charge is 2.28. The van der Waals surface area contributed by atoms with Crippen molar-refractivity contribution < 1.29 is 14.7 Å². The molecule has 1 aromatic carbocycles. The molecular weight excluding hydrogens is 340 g/mol. The van der Waals surface area contributed by atoms with Crippen LogP contribution in [-0.2, 0) is 4.79 Å². The molecule has 0 aromatic heterocycles. The van der Waals surface area contributed by atoms with Crippen molar-refractivity contribution in [3.05, 3.63) is 29.8 Å². The molecule has 1 amide bonds. The number of aromatic hydroxyl groups is 1. The first-order valence-electron chi connectivity index (χ1n) is 10.1. The van der Waals surface area contributed by atoms with Gasteiger partial charge in [0, 0.05) is 24.6 Å². The van der Waals surface area contributed by atoms with E-state index in [4.69, 9.17) is 0 Å². The molecule has 0 radical (unpaired) electrons. The van der Waals surface area contributed by atoms with Gasteiger partial charge in [-0.3, -0.25) is 14.5 Å². The summed E-state index contributed by atoms with van der Waals surface area (Å²) in [5.41, 5.74) is 0.655. The number of amides is 1. The highest BCUT2D eigenvalue weighted by atomic mass is 16.3. The fourth-order valence-electron chi connectivity index (χ4n) is 3.67. The Morgan fingerprint density at radius 1 is 1.04 bits per heavy atom. The first-order chi connectivity index (χ1) is 12.8. The average Bonchev–Trinajstić information content (AvgIpc) is 2.61. The molecule has 0 aliphatic carbocycles. The molecule has 5 nitrogen and oxygen atoms in total. The second-order valence-electron chi connectivity index (χ2n) is 8.55. The summed E-state index contributed by atoms with van der Waals surface area (Å²) < 4.78 is 0. The van der Waals surface area contributed by atoms with Gasteiger partial charge < -0.3 is 10.0 Å². The van der Waals surface area contributed by atoms with Crippen molar-refractivity contribution in [2.75, 3.05) is 32.7 Å². The van der Waals surface area contributed by atoms with E-state index in [1.807, 2.05) is 4.90 Å². The van der Waals surface area contributed by atoms with Gasteiger partial charge in [0.15, 0.2) is 5.78 Å². The van der Waals surface area contributed by atoms with Crippen molar-refractivity contribution in [2.24, 2.45) is 17.8 Å². The number of benzene rings is 1. The number of phenols is 1. The van der Waals surface area contributed by atoms with Gasteiger partial charge >= 0.3 is 0 Å². The molecule has 0 spiro atoms. The number of carbonyl (C=O) groups excluding carboxylic acids is 2. The van der Waals surface area contributed by atoms with Crippen LogP contribution in [-0.4, -0.2) is 59.3 Å². The van der Waals surface area contributed by atoms with E-state index in [2.05, 4.69) is 32.6 Å². The van der Waals surface area contributed by atoms with Gasteiger partial charge in [-0.05, 0) is 62.0 Å². The van der Waals surface area contributed by atoms with Crippen LogP contribution in [0.4, 0.5) is 0 Å². The predicted octanol–water partition coefficient (Wildman–Crippen LogP) is 3.43. The molecule has 5 heteroatoms. The second kappa shape index (κ2) is 9.88. The maximum absolute atomic E-state index is 12.7. The molecule has 1 aromatic rings. The summed E-state index contributed by atoms with van der Waals surface area (Å²) >= 11 is 0. The van der Waals surface area contributed by atoms with Crippen molar-refractivity contribution in [1.82, 2.24) is 9.80 Å². The molecule has 1 fully saturated rings. The van der Waals surface area contributed by atoms with Gasteiger partial charge in [-0.15, -0.1) is 0 Å². The van der Waals surface area contributed by atoms with Gasteiger partial charge in [0.2, 0.25) is 5.91 Å². The van der Waals surface area contributed by atoms with Gasteiger partial charge in [0.25, 0.3) is 0 Å². The predicted molar refractivity (Wildman–Crippen MR) is 108 cm³/mol. The molecule has 1 aliphatic heterocycles. The van der Waals surface area contributed by atoms with Gasteiger partial charge in [-0.25, -0.2) is 0 Å². The molecule has 27 heavy (non-hydrogen) atoms. The Bertz CT molecular complexity index is 607. The molecule has 1 aliphatic rings. The maximum atomic E-state index is 12.7. The smallest absolute Gasteiger partial charge is 0.236 e. The van der Waals surface area contributed by atoms with Crippen molar-refractivity contribution in [2.45, 2.75) is 40.5 Å². The number of phenolic OH excluding ortho intramolecular Hbond substituents is 1. The zero-order valence-electron chi connectivity index (χ0n) is 17.1. The fourth-order valence-corrected chi connectivity index (χ4v) is 3.67. The Kier molecular flexibility index (Phi) is 7.84. The minimum Gasteiger partial charge on any atom is -0.508 e. The summed E-state index contributed by atoms with van der Waals surface area (Å²) in [5, 5.41) is 9.37. The third-order valence-corrected chi connectivity index (χ3v) is 4.99. The van der Waals surface area contributed by atoms with E-state index in [0.29, 0.717) is 23.9 Å². The van der Waals surface area contributed by atoms with Crippen molar-refractivity contribution in [3.63, 3.8) is 0 Å². The lowest BCUT2D eigenvalue weighted by Crippen LogP contribution is -2.46. The van der Waals surface area contributed by atoms with Crippen LogP contribution in [0.15, 0.2) is 24.3 Å². The number of nitrogens with zero attached hydrogens (tertiary/aromatic N) is 2. The van der Waals surface area contributed by atoms with E-state index in [-0.39, 0.29) is 23.4 Å². The molecule has 150 valence electrons. The van der Waals surface area contributed by atoms with E-state index in [1.165, 1.54) is 0 Å². The van der Waals surface area contributed by atoms with Gasteiger partial charge in [0.1, 0.15) is 5.75 Å². The average molecular weight is 375 g/mol. The minimum atomic E-state index is 0.00308. The molecule has 2 rings (SSSR count). The van der Waals surface area contributed by atoms with Crippen LogP contribution in [0.25, 0.3) is 0 Å². The summed E-state index contributed by atoms with van der Waals surface area (Å²) in [6, 6.07) is 6.48. The largest absolute Gasteiger partial charge is 0.508 e. The fraction of sp³-hybridized carbons (Fsp3) is 0.636. The first-order valence-corrected chi connectivity index (χ1v) is 10.1. The van der Waals surface area contributed by atoms with E-state index in [0.717, 1.165) is 39.0 Å². The number of piperidine rings is 1. The van der Waals surface area contributed by atoms with E-state index in [1.54, 1.807) is 24.3 Å². The molecule has 0 atom stereocenters. The SMILES string of the molecule is CC(C)CN(CC(C)C)C(=O)CN1CCC(C(=O)c2ccc(O)cc2)CC1. The van der Waals surface area contributed by atoms with Gasteiger partial charge in [0.05, 0.1) is 6.54 Å². The summed E-state index contributed by atoms with van der Waals surface area (Å²) in [6.45, 7) is 12.2. The molecule has 1 N–H and O–H groups in total. The van der Waals surface area contributed by atoms with E-state index in [9.17, 15) is 14.7 Å².